The molecule has 1 aliphatic carbocycles. The average Bonchev–Trinajstić information content (AvgIpc) is 3.24. The molecule has 1 saturated heterocycles. The van der Waals surface area contributed by atoms with E-state index < -0.39 is 17.7 Å². The van der Waals surface area contributed by atoms with Crippen LogP contribution in [-0.4, -0.2) is 52.7 Å². The molecule has 162 valence electrons. The maximum absolute atomic E-state index is 13.3. The molecule has 3 atom stereocenters. The Morgan fingerprint density at radius 3 is 2.70 bits per heavy atom. The molecular weight excluding hydrogens is 448 g/mol. The summed E-state index contributed by atoms with van der Waals surface area (Å²) in [5, 5.41) is 0. The van der Waals surface area contributed by atoms with E-state index in [1.165, 1.54) is 0 Å². The summed E-state index contributed by atoms with van der Waals surface area (Å²) in [7, 11) is 0. The molecule has 30 heavy (non-hydrogen) atoms. The van der Waals surface area contributed by atoms with Crippen molar-refractivity contribution in [1.82, 2.24) is 9.88 Å². The number of piperidine rings is 1. The predicted octanol–water partition coefficient (Wildman–Crippen LogP) is 4.57. The van der Waals surface area contributed by atoms with E-state index in [1.54, 1.807) is 17.1 Å². The first kappa shape index (κ1) is 22.7. The zero-order chi connectivity index (χ0) is 22.1. The number of nitrogens with zero attached hydrogens (tertiary/aromatic N) is 2. The van der Waals surface area contributed by atoms with Gasteiger partial charge in [0, 0.05) is 11.5 Å². The number of carbonyl (C=O) groups is 2. The van der Waals surface area contributed by atoms with Gasteiger partial charge < -0.3 is 9.47 Å². The molecule has 6 nitrogen and oxygen atoms in total. The second kappa shape index (κ2) is 8.63. The lowest BCUT2D eigenvalue weighted by Gasteiger charge is -2.29. The van der Waals surface area contributed by atoms with Gasteiger partial charge in [-0.3, -0.25) is 9.69 Å². The molecule has 0 spiro atoms. The Kier molecular flexibility index (Phi) is 6.53. The maximum Gasteiger partial charge on any atom is 0.411 e. The van der Waals surface area contributed by atoms with E-state index in [1.807, 2.05) is 32.9 Å². The van der Waals surface area contributed by atoms with E-state index in [0.29, 0.717) is 29.9 Å². The highest BCUT2D eigenvalue weighted by molar-refractivity contribution is 9.10. The van der Waals surface area contributed by atoms with Gasteiger partial charge in [-0.25, -0.2) is 9.78 Å². The predicted molar refractivity (Wildman–Crippen MR) is 119 cm³/mol. The minimum absolute atomic E-state index is 0.0412. The van der Waals surface area contributed by atoms with Crippen molar-refractivity contribution in [2.24, 2.45) is 5.41 Å². The van der Waals surface area contributed by atoms with Crippen molar-refractivity contribution in [2.75, 3.05) is 13.2 Å². The first-order chi connectivity index (χ1) is 14.1. The summed E-state index contributed by atoms with van der Waals surface area (Å²) in [5.41, 5.74) is 0.631. The Balaban J connectivity index is 1.82. The minimum atomic E-state index is -0.633. The molecule has 1 amide bonds. The molecule has 0 radical (unpaired) electrons. The van der Waals surface area contributed by atoms with Crippen LogP contribution in [0.5, 0.6) is 0 Å². The number of carbonyl (C=O) groups excluding carboxylic acids is 2. The number of hydrogen-bond acceptors (Lipinski definition) is 5. The number of rotatable bonds is 8. The standard InChI is InChI=1S/C23H29BrN2O4/c1-6-10-29-14-23-12-17(26(19(23)13-23)21(28)30-22(3,4)5)18(27)11-16-15(7-2)8-9-20(24)25-16/h6-9,17,19H,1-2,10-14H2,3-5H3/t17-,19+,23-/m0/s1. The Labute approximate surface area is 186 Å². The number of Topliss-reactive ketones (excluding diaryl/α,β-unsaturated/α-hetero) is 1. The van der Waals surface area contributed by atoms with Gasteiger partial charge in [0.2, 0.25) is 0 Å². The lowest BCUT2D eigenvalue weighted by atomic mass is 9.95. The van der Waals surface area contributed by atoms with Crippen LogP contribution in [0.2, 0.25) is 0 Å². The zero-order valence-electron chi connectivity index (χ0n) is 17.8. The summed E-state index contributed by atoms with van der Waals surface area (Å²) < 4.78 is 12.0. The van der Waals surface area contributed by atoms with Crippen LogP contribution in [0.4, 0.5) is 4.79 Å². The second-order valence-electron chi connectivity index (χ2n) is 9.01. The maximum atomic E-state index is 13.3. The summed E-state index contributed by atoms with van der Waals surface area (Å²) >= 11 is 3.36. The van der Waals surface area contributed by atoms with Gasteiger partial charge in [0.15, 0.2) is 5.78 Å². The molecule has 2 heterocycles. The minimum Gasteiger partial charge on any atom is -0.444 e. The Morgan fingerprint density at radius 2 is 2.07 bits per heavy atom. The number of pyridine rings is 1. The van der Waals surface area contributed by atoms with Gasteiger partial charge in [0.05, 0.1) is 31.4 Å². The Bertz CT molecular complexity index is 863. The molecule has 2 fully saturated rings. The fourth-order valence-corrected chi connectivity index (χ4v) is 4.48. The summed E-state index contributed by atoms with van der Waals surface area (Å²) in [6.07, 6.45) is 4.46. The smallest absolute Gasteiger partial charge is 0.411 e. The fraction of sp³-hybridized carbons (Fsp3) is 0.522. The normalized spacial score (nSPS) is 24.9. The average molecular weight is 477 g/mol. The highest BCUT2D eigenvalue weighted by Gasteiger charge is 2.67. The van der Waals surface area contributed by atoms with Crippen LogP contribution in [0.15, 0.2) is 36.0 Å². The number of fused-ring (bicyclic) bond motifs is 1. The van der Waals surface area contributed by atoms with Gasteiger partial charge in [0.25, 0.3) is 0 Å². The van der Waals surface area contributed by atoms with E-state index >= 15 is 0 Å². The molecule has 1 aromatic rings. The molecule has 0 unspecified atom stereocenters. The summed E-state index contributed by atoms with van der Waals surface area (Å²) in [5.74, 6) is -0.0511. The molecule has 0 aromatic carbocycles. The molecule has 1 aliphatic heterocycles. The monoisotopic (exact) mass is 476 g/mol. The molecule has 3 rings (SSSR count). The van der Waals surface area contributed by atoms with Gasteiger partial charge in [0.1, 0.15) is 10.2 Å². The second-order valence-corrected chi connectivity index (χ2v) is 9.82. The SMILES string of the molecule is C=CCOC[C@@]12C[C@@H](C(=O)Cc3nc(Br)ccc3C=C)N(C(=O)OC(C)(C)C)[C@@H]1C2. The van der Waals surface area contributed by atoms with Crippen molar-refractivity contribution in [3.8, 4) is 0 Å². The lowest BCUT2D eigenvalue weighted by Crippen LogP contribution is -2.46. The molecule has 1 aromatic heterocycles. The number of ether oxygens (including phenoxy) is 2. The highest BCUT2D eigenvalue weighted by Crippen LogP contribution is 2.60. The van der Waals surface area contributed by atoms with Crippen LogP contribution in [0.1, 0.15) is 44.9 Å². The molecular formula is C23H29BrN2O4. The topological polar surface area (TPSA) is 68.7 Å². The highest BCUT2D eigenvalue weighted by atomic mass is 79.9. The van der Waals surface area contributed by atoms with Gasteiger partial charge in [-0.2, -0.15) is 0 Å². The summed E-state index contributed by atoms with van der Waals surface area (Å²) in [6.45, 7) is 13.9. The fourth-order valence-electron chi connectivity index (χ4n) is 4.13. The molecule has 2 aliphatic rings. The van der Waals surface area contributed by atoms with Gasteiger partial charge in [-0.1, -0.05) is 24.8 Å². The van der Waals surface area contributed by atoms with Crippen molar-refractivity contribution >= 4 is 33.9 Å². The number of aromatic nitrogens is 1. The summed E-state index contributed by atoms with van der Waals surface area (Å²) in [4.78, 5) is 32.4. The summed E-state index contributed by atoms with van der Waals surface area (Å²) in [6, 6.07) is 3.09. The largest absolute Gasteiger partial charge is 0.444 e. The number of halogens is 1. The van der Waals surface area contributed by atoms with Crippen molar-refractivity contribution in [3.05, 3.63) is 47.2 Å². The zero-order valence-corrected chi connectivity index (χ0v) is 19.4. The van der Waals surface area contributed by atoms with Crippen molar-refractivity contribution in [1.29, 1.82) is 0 Å². The van der Waals surface area contributed by atoms with E-state index in [-0.39, 0.29) is 23.7 Å². The van der Waals surface area contributed by atoms with Crippen molar-refractivity contribution in [2.45, 2.75) is 57.7 Å². The molecule has 0 bridgehead atoms. The number of hydrogen-bond donors (Lipinski definition) is 0. The van der Waals surface area contributed by atoms with Crippen LogP contribution < -0.4 is 0 Å². The third kappa shape index (κ3) is 4.83. The first-order valence-electron chi connectivity index (χ1n) is 10.1. The number of amides is 1. The quantitative estimate of drug-likeness (QED) is 0.312. The number of ketones is 1. The van der Waals surface area contributed by atoms with Crippen LogP contribution in [-0.2, 0) is 20.7 Å². The van der Waals surface area contributed by atoms with Crippen LogP contribution >= 0.6 is 15.9 Å². The van der Waals surface area contributed by atoms with Crippen LogP contribution in [0.25, 0.3) is 6.08 Å². The van der Waals surface area contributed by atoms with Gasteiger partial charge >= 0.3 is 6.09 Å². The van der Waals surface area contributed by atoms with Gasteiger partial charge in [-0.05, 0) is 61.2 Å². The van der Waals surface area contributed by atoms with Crippen LogP contribution in [0, 0.1) is 5.41 Å². The molecule has 1 saturated carbocycles. The molecule has 7 heteroatoms. The Hall–Kier alpha value is -1.99. The van der Waals surface area contributed by atoms with E-state index in [2.05, 4.69) is 34.1 Å². The number of likely N-dealkylation sites (tertiary alicyclic amines) is 1. The third-order valence-electron chi connectivity index (χ3n) is 5.56. The Morgan fingerprint density at radius 1 is 1.33 bits per heavy atom. The first-order valence-corrected chi connectivity index (χ1v) is 10.9. The van der Waals surface area contributed by atoms with Crippen molar-refractivity contribution < 1.29 is 19.1 Å². The molecule has 0 N–H and O–H groups in total. The third-order valence-corrected chi connectivity index (χ3v) is 6.00. The lowest BCUT2D eigenvalue weighted by molar-refractivity contribution is -0.123. The van der Waals surface area contributed by atoms with E-state index in [9.17, 15) is 9.59 Å². The van der Waals surface area contributed by atoms with E-state index in [0.717, 1.165) is 12.0 Å². The van der Waals surface area contributed by atoms with Crippen molar-refractivity contribution in [3.63, 3.8) is 0 Å². The van der Waals surface area contributed by atoms with Crippen LogP contribution in [0.3, 0.4) is 0 Å². The van der Waals surface area contributed by atoms with Gasteiger partial charge in [-0.15, -0.1) is 6.58 Å². The van der Waals surface area contributed by atoms with E-state index in [4.69, 9.17) is 9.47 Å².